The molecule has 1 atom stereocenters. The molecular weight excluding hydrogens is 261 g/mol. The molecular formula is C17H21F3. The van der Waals surface area contributed by atoms with E-state index in [9.17, 15) is 13.2 Å². The molecule has 1 aromatic rings. The van der Waals surface area contributed by atoms with Gasteiger partial charge in [0, 0.05) is 11.5 Å². The van der Waals surface area contributed by atoms with Crippen molar-refractivity contribution in [2.75, 3.05) is 0 Å². The molecule has 0 bridgehead atoms. The Bertz CT molecular complexity index is 423. The summed E-state index contributed by atoms with van der Waals surface area (Å²) in [6.07, 6.45) is -0.459. The second kappa shape index (κ2) is 8.68. The molecule has 0 nitrogen and oxygen atoms in total. The lowest BCUT2D eigenvalue weighted by Gasteiger charge is -2.13. The Balaban J connectivity index is 2.60. The van der Waals surface area contributed by atoms with Gasteiger partial charge in [-0.2, -0.15) is 13.2 Å². The lowest BCUT2D eigenvalue weighted by Crippen LogP contribution is -2.14. The number of rotatable bonds is 6. The summed E-state index contributed by atoms with van der Waals surface area (Å²) in [7, 11) is 0. The minimum absolute atomic E-state index is 0.527. The number of benzene rings is 1. The first-order valence-electron chi connectivity index (χ1n) is 7.14. The van der Waals surface area contributed by atoms with E-state index in [-0.39, 0.29) is 0 Å². The normalized spacial score (nSPS) is 12.6. The standard InChI is InChI=1S/C17H21F3/c1-2-3-4-6-11-16(14-17(18,19)20)13-12-15-9-7-5-8-10-15/h5,7-10,16H,2-4,6,11,14H2,1H3. The van der Waals surface area contributed by atoms with Crippen LogP contribution in [0.3, 0.4) is 0 Å². The summed E-state index contributed by atoms with van der Waals surface area (Å²) in [5, 5.41) is 0. The van der Waals surface area contributed by atoms with Gasteiger partial charge < -0.3 is 0 Å². The molecule has 1 rings (SSSR count). The molecule has 0 aliphatic rings. The summed E-state index contributed by atoms with van der Waals surface area (Å²) in [6, 6.07) is 9.17. The van der Waals surface area contributed by atoms with E-state index in [4.69, 9.17) is 0 Å². The molecule has 1 unspecified atom stereocenters. The van der Waals surface area contributed by atoms with E-state index in [0.717, 1.165) is 31.2 Å². The van der Waals surface area contributed by atoms with Crippen molar-refractivity contribution in [3.63, 3.8) is 0 Å². The van der Waals surface area contributed by atoms with Gasteiger partial charge in [-0.25, -0.2) is 0 Å². The van der Waals surface area contributed by atoms with Gasteiger partial charge in [0.05, 0.1) is 6.42 Å². The molecule has 1 aromatic carbocycles. The zero-order valence-corrected chi connectivity index (χ0v) is 11.8. The number of unbranched alkanes of at least 4 members (excludes halogenated alkanes) is 3. The first kappa shape index (κ1) is 16.6. The van der Waals surface area contributed by atoms with E-state index >= 15 is 0 Å². The van der Waals surface area contributed by atoms with Crippen LogP contribution in [0.5, 0.6) is 0 Å². The van der Waals surface area contributed by atoms with Gasteiger partial charge in [-0.3, -0.25) is 0 Å². The van der Waals surface area contributed by atoms with E-state index in [0.29, 0.717) is 6.42 Å². The third-order valence-electron chi connectivity index (χ3n) is 3.08. The molecule has 0 aromatic heterocycles. The first-order chi connectivity index (χ1) is 9.51. The van der Waals surface area contributed by atoms with Crippen molar-refractivity contribution in [1.29, 1.82) is 0 Å². The van der Waals surface area contributed by atoms with Gasteiger partial charge in [0.25, 0.3) is 0 Å². The van der Waals surface area contributed by atoms with Crippen LogP contribution in [0.25, 0.3) is 0 Å². The zero-order chi connectivity index (χ0) is 14.8. The number of alkyl halides is 3. The molecule has 0 N–H and O–H groups in total. The Hall–Kier alpha value is -1.43. The van der Waals surface area contributed by atoms with Crippen molar-refractivity contribution in [2.45, 2.75) is 51.6 Å². The minimum atomic E-state index is -4.14. The molecule has 0 aliphatic heterocycles. The highest BCUT2D eigenvalue weighted by molar-refractivity contribution is 5.34. The van der Waals surface area contributed by atoms with E-state index in [1.165, 1.54) is 0 Å². The Morgan fingerprint density at radius 3 is 2.35 bits per heavy atom. The highest BCUT2D eigenvalue weighted by Gasteiger charge is 2.30. The predicted molar refractivity (Wildman–Crippen MR) is 76.2 cm³/mol. The number of hydrogen-bond donors (Lipinski definition) is 0. The highest BCUT2D eigenvalue weighted by atomic mass is 19.4. The van der Waals surface area contributed by atoms with Gasteiger partial charge in [-0.05, 0) is 18.6 Å². The van der Waals surface area contributed by atoms with E-state index in [1.54, 1.807) is 0 Å². The third kappa shape index (κ3) is 7.89. The Morgan fingerprint density at radius 2 is 1.75 bits per heavy atom. The SMILES string of the molecule is CCCCCCC(C#Cc1ccccc1)CC(F)(F)F. The smallest absolute Gasteiger partial charge is 0.171 e. The van der Waals surface area contributed by atoms with E-state index < -0.39 is 18.5 Å². The maximum absolute atomic E-state index is 12.5. The molecule has 0 saturated carbocycles. The molecule has 0 fully saturated rings. The molecule has 20 heavy (non-hydrogen) atoms. The molecule has 0 saturated heterocycles. The van der Waals surface area contributed by atoms with Crippen LogP contribution in [0.2, 0.25) is 0 Å². The maximum atomic E-state index is 12.5. The average molecular weight is 282 g/mol. The summed E-state index contributed by atoms with van der Waals surface area (Å²) < 4.78 is 37.6. The maximum Gasteiger partial charge on any atom is 0.390 e. The number of halogens is 3. The van der Waals surface area contributed by atoms with Crippen LogP contribution in [0.1, 0.15) is 51.0 Å². The van der Waals surface area contributed by atoms with Gasteiger partial charge in [-0.15, -0.1) is 0 Å². The fourth-order valence-corrected chi connectivity index (χ4v) is 2.03. The van der Waals surface area contributed by atoms with Gasteiger partial charge in [0.1, 0.15) is 0 Å². The van der Waals surface area contributed by atoms with Crippen LogP contribution >= 0.6 is 0 Å². The average Bonchev–Trinajstić information content (AvgIpc) is 2.40. The lowest BCUT2D eigenvalue weighted by atomic mass is 9.97. The van der Waals surface area contributed by atoms with Crippen LogP contribution < -0.4 is 0 Å². The molecule has 110 valence electrons. The van der Waals surface area contributed by atoms with Gasteiger partial charge in [-0.1, -0.05) is 62.6 Å². The van der Waals surface area contributed by atoms with Crippen molar-refractivity contribution in [1.82, 2.24) is 0 Å². The minimum Gasteiger partial charge on any atom is -0.171 e. The molecule has 0 heterocycles. The topological polar surface area (TPSA) is 0 Å². The second-order valence-corrected chi connectivity index (χ2v) is 5.00. The van der Waals surface area contributed by atoms with Gasteiger partial charge >= 0.3 is 6.18 Å². The first-order valence-corrected chi connectivity index (χ1v) is 7.14. The fraction of sp³-hybridized carbons (Fsp3) is 0.529. The van der Waals surface area contributed by atoms with Crippen molar-refractivity contribution in [2.24, 2.45) is 5.92 Å². The Kier molecular flexibility index (Phi) is 7.22. The monoisotopic (exact) mass is 282 g/mol. The predicted octanol–water partition coefficient (Wildman–Crippen LogP) is 5.58. The number of hydrogen-bond acceptors (Lipinski definition) is 0. The third-order valence-corrected chi connectivity index (χ3v) is 3.08. The Labute approximate surface area is 119 Å². The van der Waals surface area contributed by atoms with E-state index in [2.05, 4.69) is 18.8 Å². The van der Waals surface area contributed by atoms with Crippen molar-refractivity contribution < 1.29 is 13.2 Å². The molecule has 0 amide bonds. The summed E-state index contributed by atoms with van der Waals surface area (Å²) >= 11 is 0. The van der Waals surface area contributed by atoms with Crippen LogP contribution in [0.4, 0.5) is 13.2 Å². The second-order valence-electron chi connectivity index (χ2n) is 5.00. The Morgan fingerprint density at radius 1 is 1.05 bits per heavy atom. The van der Waals surface area contributed by atoms with Crippen LogP contribution in [-0.4, -0.2) is 6.18 Å². The van der Waals surface area contributed by atoms with Crippen LogP contribution in [0.15, 0.2) is 30.3 Å². The lowest BCUT2D eigenvalue weighted by molar-refractivity contribution is -0.141. The summed E-state index contributed by atoms with van der Waals surface area (Å²) in [5.41, 5.74) is 0.772. The molecule has 0 spiro atoms. The molecule has 0 aliphatic carbocycles. The van der Waals surface area contributed by atoms with Crippen molar-refractivity contribution in [3.8, 4) is 11.8 Å². The largest absolute Gasteiger partial charge is 0.390 e. The van der Waals surface area contributed by atoms with Crippen molar-refractivity contribution in [3.05, 3.63) is 35.9 Å². The van der Waals surface area contributed by atoms with Gasteiger partial charge in [0.15, 0.2) is 0 Å². The zero-order valence-electron chi connectivity index (χ0n) is 11.8. The molecule has 3 heteroatoms. The highest BCUT2D eigenvalue weighted by Crippen LogP contribution is 2.27. The summed E-state index contributed by atoms with van der Waals surface area (Å²) in [4.78, 5) is 0. The summed E-state index contributed by atoms with van der Waals surface area (Å²) in [6.45, 7) is 2.09. The fourth-order valence-electron chi connectivity index (χ4n) is 2.03. The van der Waals surface area contributed by atoms with Crippen molar-refractivity contribution >= 4 is 0 Å². The molecule has 0 radical (unpaired) electrons. The quantitative estimate of drug-likeness (QED) is 0.472. The van der Waals surface area contributed by atoms with Crippen LogP contribution in [0, 0.1) is 17.8 Å². The van der Waals surface area contributed by atoms with Gasteiger partial charge in [0.2, 0.25) is 0 Å². The summed E-state index contributed by atoms with van der Waals surface area (Å²) in [5.74, 6) is 5.07. The van der Waals surface area contributed by atoms with E-state index in [1.807, 2.05) is 30.3 Å². The van der Waals surface area contributed by atoms with Crippen LogP contribution in [-0.2, 0) is 0 Å².